The molecule has 1 aromatic carbocycles. The van der Waals surface area contributed by atoms with E-state index in [0.717, 1.165) is 26.9 Å². The molecule has 5 nitrogen and oxygen atoms in total. The normalized spacial score (nSPS) is 13.0. The summed E-state index contributed by atoms with van der Waals surface area (Å²) in [6.45, 7) is 7.94. The topological polar surface area (TPSA) is 74.2 Å². The predicted molar refractivity (Wildman–Crippen MR) is 111 cm³/mol. The largest absolute Gasteiger partial charge is 0.387 e. The van der Waals surface area contributed by atoms with Crippen LogP contribution in [0.15, 0.2) is 41.3 Å². The van der Waals surface area contributed by atoms with Gasteiger partial charge >= 0.3 is 0 Å². The third kappa shape index (κ3) is 6.16. The number of aliphatic hydroxyl groups is 1. The minimum absolute atomic E-state index is 0.0320. The molecule has 140 valence electrons. The zero-order valence-corrected chi connectivity index (χ0v) is 17.1. The van der Waals surface area contributed by atoms with Crippen molar-refractivity contribution in [3.05, 3.63) is 52.5 Å². The Hall–Kier alpha value is -1.83. The van der Waals surface area contributed by atoms with Gasteiger partial charge in [0.15, 0.2) is 5.13 Å². The van der Waals surface area contributed by atoms with Crippen LogP contribution < -0.4 is 10.6 Å². The van der Waals surface area contributed by atoms with Gasteiger partial charge in [-0.25, -0.2) is 4.98 Å². The first-order valence-electron chi connectivity index (χ1n) is 8.41. The number of thioether (sulfide) groups is 1. The van der Waals surface area contributed by atoms with Crippen molar-refractivity contribution < 1.29 is 9.90 Å². The lowest BCUT2D eigenvalue weighted by molar-refractivity contribution is -0.119. The van der Waals surface area contributed by atoms with Gasteiger partial charge in [0, 0.05) is 23.8 Å². The molecule has 0 aliphatic carbocycles. The number of allylic oxidation sites excluding steroid dienone is 1. The van der Waals surface area contributed by atoms with E-state index in [1.807, 2.05) is 56.5 Å². The fourth-order valence-electron chi connectivity index (χ4n) is 2.36. The van der Waals surface area contributed by atoms with E-state index in [4.69, 9.17) is 0 Å². The summed E-state index contributed by atoms with van der Waals surface area (Å²) in [5, 5.41) is 19.1. The Kier molecular flexibility index (Phi) is 7.68. The molecule has 0 saturated carbocycles. The number of thiazole rings is 1. The quantitative estimate of drug-likeness (QED) is 0.587. The lowest BCUT2D eigenvalue weighted by Gasteiger charge is -2.15. The average molecular weight is 392 g/mol. The highest BCUT2D eigenvalue weighted by Gasteiger charge is 2.15. The first-order valence-corrected chi connectivity index (χ1v) is 10.2. The van der Waals surface area contributed by atoms with E-state index >= 15 is 0 Å². The van der Waals surface area contributed by atoms with Crippen molar-refractivity contribution in [3.63, 3.8) is 0 Å². The molecule has 26 heavy (non-hydrogen) atoms. The molecule has 0 fully saturated rings. The van der Waals surface area contributed by atoms with Crippen LogP contribution in [0.3, 0.4) is 0 Å². The van der Waals surface area contributed by atoms with Crippen LogP contribution in [0.1, 0.15) is 45.1 Å². The van der Waals surface area contributed by atoms with Crippen molar-refractivity contribution in [2.75, 3.05) is 11.9 Å². The van der Waals surface area contributed by atoms with Gasteiger partial charge in [0.25, 0.3) is 0 Å². The predicted octanol–water partition coefficient (Wildman–Crippen LogP) is 4.25. The van der Waals surface area contributed by atoms with Gasteiger partial charge in [-0.1, -0.05) is 47.7 Å². The third-order valence-corrected chi connectivity index (χ3v) is 5.65. The van der Waals surface area contributed by atoms with Gasteiger partial charge in [-0.15, -0.1) is 11.3 Å². The van der Waals surface area contributed by atoms with Crippen LogP contribution >= 0.6 is 23.1 Å². The molecule has 2 rings (SSSR count). The van der Waals surface area contributed by atoms with Crippen molar-refractivity contribution >= 4 is 39.0 Å². The molecule has 1 amide bonds. The highest BCUT2D eigenvalue weighted by atomic mass is 32.2. The number of nitrogens with one attached hydrogen (secondary N) is 2. The molecule has 2 atom stereocenters. The molecular formula is C19H25N3O2S2. The lowest BCUT2D eigenvalue weighted by atomic mass is 10.1. The Labute approximate surface area is 162 Å². The molecule has 1 aromatic heterocycles. The number of aliphatic hydroxyl groups excluding tert-OH is 1. The number of rotatable bonds is 8. The molecule has 3 N–H and O–H groups in total. The number of hydrogen-bond donors (Lipinski definition) is 3. The molecule has 0 radical (unpaired) electrons. The van der Waals surface area contributed by atoms with Gasteiger partial charge in [-0.2, -0.15) is 0 Å². The number of carbonyl (C=O) groups excluding carboxylic acids is 1. The van der Waals surface area contributed by atoms with E-state index < -0.39 is 6.10 Å². The number of carbonyl (C=O) groups is 1. The van der Waals surface area contributed by atoms with Gasteiger partial charge in [0.1, 0.15) is 0 Å². The highest BCUT2D eigenvalue weighted by Crippen LogP contribution is 2.34. The first-order chi connectivity index (χ1) is 12.4. The summed E-state index contributed by atoms with van der Waals surface area (Å²) < 4.78 is 0. The van der Waals surface area contributed by atoms with Crippen LogP contribution in [-0.2, 0) is 4.79 Å². The lowest BCUT2D eigenvalue weighted by Crippen LogP contribution is -2.27. The molecule has 2 unspecified atom stereocenters. The SMILES string of the molecule is CC(=O)NC(C)SC(=C(C)C)c1csc(NCC(O)c2ccccc2)n1. The van der Waals surface area contributed by atoms with Crippen molar-refractivity contribution in [1.29, 1.82) is 0 Å². The molecule has 2 aromatic rings. The van der Waals surface area contributed by atoms with E-state index in [-0.39, 0.29) is 11.3 Å². The van der Waals surface area contributed by atoms with Gasteiger partial charge in [-0.05, 0) is 26.3 Å². The van der Waals surface area contributed by atoms with Crippen LogP contribution in [0.4, 0.5) is 5.13 Å². The van der Waals surface area contributed by atoms with Gasteiger partial charge in [-0.3, -0.25) is 4.79 Å². The summed E-state index contributed by atoms with van der Waals surface area (Å²) >= 11 is 3.09. The molecule has 0 aliphatic rings. The summed E-state index contributed by atoms with van der Waals surface area (Å²) in [5.41, 5.74) is 2.91. The second-order valence-corrected chi connectivity index (χ2v) is 8.34. The van der Waals surface area contributed by atoms with Crippen molar-refractivity contribution in [1.82, 2.24) is 10.3 Å². The Balaban J connectivity index is 2.00. The maximum atomic E-state index is 11.2. The Morgan fingerprint density at radius 1 is 1.27 bits per heavy atom. The van der Waals surface area contributed by atoms with Crippen molar-refractivity contribution in [2.45, 2.75) is 39.2 Å². The van der Waals surface area contributed by atoms with E-state index in [2.05, 4.69) is 15.6 Å². The molecule has 0 bridgehead atoms. The summed E-state index contributed by atoms with van der Waals surface area (Å²) in [7, 11) is 0. The standard InChI is InChI=1S/C19H25N3O2S2/c1-12(2)18(26-14(4)21-13(3)23)16-11-25-19(22-16)20-10-17(24)15-8-6-5-7-9-15/h5-9,11,14,17,24H,10H2,1-4H3,(H,20,22)(H,21,23). The van der Waals surface area contributed by atoms with Crippen molar-refractivity contribution in [3.8, 4) is 0 Å². The average Bonchev–Trinajstić information content (AvgIpc) is 3.06. The van der Waals surface area contributed by atoms with Gasteiger partial charge < -0.3 is 15.7 Å². The number of amides is 1. The molecule has 0 saturated heterocycles. The fourth-order valence-corrected chi connectivity index (χ4v) is 4.19. The minimum Gasteiger partial charge on any atom is -0.387 e. The summed E-state index contributed by atoms with van der Waals surface area (Å²) in [6.07, 6.45) is -0.583. The second-order valence-electron chi connectivity index (χ2n) is 6.14. The molecule has 7 heteroatoms. The summed E-state index contributed by atoms with van der Waals surface area (Å²) in [5.74, 6) is -0.0476. The van der Waals surface area contributed by atoms with E-state index in [9.17, 15) is 9.90 Å². The Bertz CT molecular complexity index is 755. The van der Waals surface area contributed by atoms with Crippen LogP contribution in [0.25, 0.3) is 4.91 Å². The van der Waals surface area contributed by atoms with E-state index in [1.54, 1.807) is 11.8 Å². The summed E-state index contributed by atoms with van der Waals surface area (Å²) in [4.78, 5) is 16.9. The fraction of sp³-hybridized carbons (Fsp3) is 0.368. The van der Waals surface area contributed by atoms with Crippen LogP contribution in [-0.4, -0.2) is 27.9 Å². The monoisotopic (exact) mass is 391 g/mol. The van der Waals surface area contributed by atoms with Crippen LogP contribution in [0.2, 0.25) is 0 Å². The maximum Gasteiger partial charge on any atom is 0.217 e. The van der Waals surface area contributed by atoms with Crippen LogP contribution in [0, 0.1) is 0 Å². The maximum absolute atomic E-state index is 11.2. The number of anilines is 1. The smallest absolute Gasteiger partial charge is 0.217 e. The number of hydrogen-bond acceptors (Lipinski definition) is 6. The minimum atomic E-state index is -0.583. The van der Waals surface area contributed by atoms with Crippen molar-refractivity contribution in [2.24, 2.45) is 0 Å². The molecule has 1 heterocycles. The Morgan fingerprint density at radius 3 is 2.58 bits per heavy atom. The van der Waals surface area contributed by atoms with Crippen LogP contribution in [0.5, 0.6) is 0 Å². The van der Waals surface area contributed by atoms with E-state index in [1.165, 1.54) is 18.3 Å². The zero-order chi connectivity index (χ0) is 19.1. The Morgan fingerprint density at radius 2 is 1.96 bits per heavy atom. The molecule has 0 aliphatic heterocycles. The van der Waals surface area contributed by atoms with Gasteiger partial charge in [0.05, 0.1) is 17.2 Å². The molecule has 0 spiro atoms. The van der Waals surface area contributed by atoms with Gasteiger partial charge in [0.2, 0.25) is 5.91 Å². The third-order valence-electron chi connectivity index (χ3n) is 3.52. The first kappa shape index (κ1) is 20.5. The number of aromatic nitrogens is 1. The molecular weight excluding hydrogens is 366 g/mol. The number of nitrogens with zero attached hydrogens (tertiary/aromatic N) is 1. The number of benzene rings is 1. The zero-order valence-electron chi connectivity index (χ0n) is 15.4. The second kappa shape index (κ2) is 9.75. The highest BCUT2D eigenvalue weighted by molar-refractivity contribution is 8.08. The summed E-state index contributed by atoms with van der Waals surface area (Å²) in [6, 6.07) is 9.56. The van der Waals surface area contributed by atoms with E-state index in [0.29, 0.717) is 6.54 Å².